The molecule has 2 atom stereocenters. The first-order chi connectivity index (χ1) is 22.9. The summed E-state index contributed by atoms with van der Waals surface area (Å²) >= 11 is 0. The highest BCUT2D eigenvalue weighted by atomic mass is 16.2. The highest BCUT2D eigenvalue weighted by Crippen LogP contribution is 2.68. The van der Waals surface area contributed by atoms with E-state index in [0.717, 1.165) is 45.5 Å². The molecular formula is C38H58N8O2. The van der Waals surface area contributed by atoms with E-state index in [1.165, 1.54) is 51.2 Å². The summed E-state index contributed by atoms with van der Waals surface area (Å²) in [5.41, 5.74) is 17.7. The van der Waals surface area contributed by atoms with Gasteiger partial charge in [-0.3, -0.25) is 19.6 Å². The van der Waals surface area contributed by atoms with Crippen LogP contribution in [0.4, 0.5) is 11.4 Å². The number of aryl methyl sites for hydroxylation is 2. The monoisotopic (exact) mass is 658 g/mol. The molecule has 6 aliphatic rings. The number of nitrogens with zero attached hydrogens (tertiary/aromatic N) is 4. The normalized spacial score (nSPS) is 26.2. The van der Waals surface area contributed by atoms with E-state index in [2.05, 4.69) is 30.6 Å². The van der Waals surface area contributed by atoms with Gasteiger partial charge in [-0.2, -0.15) is 0 Å². The SMILES string of the molecule is CC.CN=CN=C(N)c1cc(NC(=O)[C@@H](C)C23CC(C2)C3)ccc1C.CN=CN=C(N)c1cc(NC(=O)[C@H](C)C23CC(C2)C3)ccc1C.[HH].[HH]. The van der Waals surface area contributed by atoms with Crippen LogP contribution in [0.15, 0.2) is 56.4 Å². The number of carbonyl (C=O) groups is 2. The van der Waals surface area contributed by atoms with Crippen molar-refractivity contribution in [3.63, 3.8) is 0 Å². The molecule has 10 heteroatoms. The van der Waals surface area contributed by atoms with Gasteiger partial charge in [0, 0.05) is 51.3 Å². The van der Waals surface area contributed by atoms with Gasteiger partial charge in [0.2, 0.25) is 11.8 Å². The minimum absolute atomic E-state index is 0. The first-order valence-corrected chi connectivity index (χ1v) is 17.2. The molecule has 10 nitrogen and oxygen atoms in total. The molecule has 6 N–H and O–H groups in total. The van der Waals surface area contributed by atoms with Gasteiger partial charge in [0.25, 0.3) is 0 Å². The smallest absolute Gasteiger partial charge is 0.227 e. The number of aliphatic imine (C=N–C) groups is 4. The van der Waals surface area contributed by atoms with Gasteiger partial charge in [-0.15, -0.1) is 0 Å². The first-order valence-electron chi connectivity index (χ1n) is 17.2. The maximum atomic E-state index is 12.5. The molecule has 2 aromatic rings. The van der Waals surface area contributed by atoms with E-state index < -0.39 is 0 Å². The van der Waals surface area contributed by atoms with Crippen molar-refractivity contribution in [3.8, 4) is 0 Å². The molecular weight excluding hydrogens is 600 g/mol. The number of anilines is 2. The van der Waals surface area contributed by atoms with Crippen LogP contribution in [0.3, 0.4) is 0 Å². The number of carbonyl (C=O) groups excluding carboxylic acids is 2. The molecule has 4 bridgehead atoms. The second kappa shape index (κ2) is 15.3. The van der Waals surface area contributed by atoms with Crippen LogP contribution in [-0.4, -0.2) is 50.3 Å². The predicted molar refractivity (Wildman–Crippen MR) is 203 cm³/mol. The van der Waals surface area contributed by atoms with E-state index in [9.17, 15) is 9.59 Å². The van der Waals surface area contributed by atoms with Crippen LogP contribution >= 0.6 is 0 Å². The average Bonchev–Trinajstić information content (AvgIpc) is 2.98. The lowest BCUT2D eigenvalue weighted by Crippen LogP contribution is -2.58. The Morgan fingerprint density at radius 2 is 1.06 bits per heavy atom. The second-order valence-electron chi connectivity index (χ2n) is 13.9. The van der Waals surface area contributed by atoms with Gasteiger partial charge in [0.1, 0.15) is 24.3 Å². The lowest BCUT2D eigenvalue weighted by Gasteiger charge is -2.64. The zero-order valence-electron chi connectivity index (χ0n) is 29.9. The summed E-state index contributed by atoms with van der Waals surface area (Å²) in [6.45, 7) is 12.0. The Morgan fingerprint density at radius 1 is 0.729 bits per heavy atom. The molecule has 0 radical (unpaired) electrons. The van der Waals surface area contributed by atoms with E-state index in [1.807, 2.05) is 77.9 Å². The van der Waals surface area contributed by atoms with E-state index in [0.29, 0.717) is 11.7 Å². The highest BCUT2D eigenvalue weighted by molar-refractivity contribution is 6.04. The van der Waals surface area contributed by atoms with Crippen LogP contribution in [0.2, 0.25) is 0 Å². The van der Waals surface area contributed by atoms with E-state index >= 15 is 0 Å². The number of nitrogens with one attached hydrogen (secondary N) is 2. The van der Waals surface area contributed by atoms with Gasteiger partial charge in [0.05, 0.1) is 0 Å². The van der Waals surface area contributed by atoms with Gasteiger partial charge in [-0.1, -0.05) is 39.8 Å². The molecule has 48 heavy (non-hydrogen) atoms. The molecule has 8 rings (SSSR count). The van der Waals surface area contributed by atoms with Gasteiger partial charge >= 0.3 is 0 Å². The van der Waals surface area contributed by atoms with Crippen molar-refractivity contribution in [3.05, 3.63) is 58.7 Å². The van der Waals surface area contributed by atoms with Crippen molar-refractivity contribution in [2.45, 2.75) is 80.1 Å². The predicted octanol–water partition coefficient (Wildman–Crippen LogP) is 6.98. The van der Waals surface area contributed by atoms with Crippen LogP contribution < -0.4 is 22.1 Å². The molecule has 262 valence electrons. The van der Waals surface area contributed by atoms with Crippen molar-refractivity contribution >= 4 is 47.5 Å². The highest BCUT2D eigenvalue weighted by Gasteiger charge is 2.61. The van der Waals surface area contributed by atoms with E-state index in [-0.39, 0.29) is 37.3 Å². The quantitative estimate of drug-likeness (QED) is 0.160. The Kier molecular flexibility index (Phi) is 11.6. The molecule has 0 unspecified atom stereocenters. The zero-order valence-corrected chi connectivity index (χ0v) is 29.9. The lowest BCUT2D eigenvalue weighted by atomic mass is 9.40. The zero-order chi connectivity index (χ0) is 35.2. The number of hydrogen-bond acceptors (Lipinski definition) is 4. The average molecular weight is 659 g/mol. The Hall–Kier alpha value is -4.34. The van der Waals surface area contributed by atoms with Crippen molar-refractivity contribution in [2.24, 2.45) is 65.9 Å². The largest absolute Gasteiger partial charge is 0.383 e. The van der Waals surface area contributed by atoms with Gasteiger partial charge < -0.3 is 22.1 Å². The number of benzene rings is 2. The van der Waals surface area contributed by atoms with Crippen LogP contribution in [0.1, 0.15) is 91.3 Å². The van der Waals surface area contributed by atoms with Crippen molar-refractivity contribution in [1.29, 1.82) is 0 Å². The van der Waals surface area contributed by atoms with Gasteiger partial charge in [0.15, 0.2) is 0 Å². The second-order valence-corrected chi connectivity index (χ2v) is 13.9. The number of amidine groups is 2. The Morgan fingerprint density at radius 3 is 1.33 bits per heavy atom. The molecule has 6 saturated carbocycles. The minimum atomic E-state index is 0. The molecule has 0 spiro atoms. The fraction of sp³-hybridized carbons (Fsp3) is 0.526. The maximum absolute atomic E-state index is 12.5. The standard InChI is InChI=1S/2C18H24N4O.C2H6.2H2/c2*1-11-4-5-14(6-15(11)16(19)21-10-20-3)22-17(23)12(2)18-7-13(8-18)9-18;1-2;;/h2*4-6,10,12-13H,7-9H2,1-3H3,(H,22,23)(H2,19,20,21);1-2H3;2*1H/t2*12-,13?,18?;;;/m10.../s1. The van der Waals surface area contributed by atoms with Crippen molar-refractivity contribution in [2.75, 3.05) is 24.7 Å². The third-order valence-corrected chi connectivity index (χ3v) is 11.0. The molecule has 2 amide bonds. The van der Waals surface area contributed by atoms with Crippen LogP contribution in [-0.2, 0) is 9.59 Å². The number of amides is 2. The number of rotatable bonds is 10. The van der Waals surface area contributed by atoms with Gasteiger partial charge in [-0.25, -0.2) is 9.98 Å². The molecule has 0 aliphatic heterocycles. The topological polar surface area (TPSA) is 160 Å². The third kappa shape index (κ3) is 7.53. The molecule has 6 fully saturated rings. The van der Waals surface area contributed by atoms with Crippen molar-refractivity contribution < 1.29 is 12.4 Å². The molecule has 0 saturated heterocycles. The van der Waals surface area contributed by atoms with Crippen LogP contribution in [0.5, 0.6) is 0 Å². The fourth-order valence-electron chi connectivity index (χ4n) is 7.54. The third-order valence-electron chi connectivity index (χ3n) is 11.0. The Bertz CT molecular complexity index is 1480. The van der Waals surface area contributed by atoms with E-state index in [4.69, 9.17) is 11.5 Å². The number of nitrogens with two attached hydrogens (primary N) is 2. The summed E-state index contributed by atoms with van der Waals surface area (Å²) < 4.78 is 0. The summed E-state index contributed by atoms with van der Waals surface area (Å²) in [6, 6.07) is 11.5. The Labute approximate surface area is 289 Å². The van der Waals surface area contributed by atoms with E-state index in [1.54, 1.807) is 14.1 Å². The summed E-state index contributed by atoms with van der Waals surface area (Å²) in [6.07, 6.45) is 10.2. The summed E-state index contributed by atoms with van der Waals surface area (Å²) in [7, 11) is 3.29. The van der Waals surface area contributed by atoms with Crippen LogP contribution in [0, 0.1) is 48.3 Å². The van der Waals surface area contributed by atoms with Gasteiger partial charge in [-0.05, 0) is 110 Å². The molecule has 2 aromatic carbocycles. The van der Waals surface area contributed by atoms with Crippen LogP contribution in [0.25, 0.3) is 0 Å². The summed E-state index contributed by atoms with van der Waals surface area (Å²) in [5, 5.41) is 6.07. The minimum Gasteiger partial charge on any atom is -0.383 e. The van der Waals surface area contributed by atoms with Crippen molar-refractivity contribution in [1.82, 2.24) is 0 Å². The summed E-state index contributed by atoms with van der Waals surface area (Å²) in [4.78, 5) is 40.8. The Balaban J connectivity index is 0.000000318. The maximum Gasteiger partial charge on any atom is 0.227 e. The number of hydrogen-bond donors (Lipinski definition) is 4. The molecule has 0 aromatic heterocycles. The fourth-order valence-corrected chi connectivity index (χ4v) is 7.54. The lowest BCUT2D eigenvalue weighted by molar-refractivity contribution is -0.161. The first kappa shape index (κ1) is 36.5. The molecule has 6 aliphatic carbocycles. The molecule has 0 heterocycles. The summed E-state index contributed by atoms with van der Waals surface area (Å²) in [5.74, 6) is 2.89.